The van der Waals surface area contributed by atoms with Crippen molar-refractivity contribution in [1.82, 2.24) is 0 Å². The average molecular weight is 268 g/mol. The molecule has 1 aliphatic rings. The van der Waals surface area contributed by atoms with Crippen LogP contribution >= 0.6 is 0 Å². The van der Waals surface area contributed by atoms with E-state index in [1.54, 1.807) is 6.07 Å². The number of aliphatic hydroxyl groups is 2. The molecule has 3 nitrogen and oxygen atoms in total. The van der Waals surface area contributed by atoms with Crippen LogP contribution in [0.15, 0.2) is 18.2 Å². The summed E-state index contributed by atoms with van der Waals surface area (Å²) in [5, 5.41) is 18.8. The van der Waals surface area contributed by atoms with E-state index in [2.05, 4.69) is 0 Å². The van der Waals surface area contributed by atoms with E-state index in [9.17, 15) is 9.50 Å². The summed E-state index contributed by atoms with van der Waals surface area (Å²) in [5.74, 6) is 0.211. The third-order valence-corrected chi connectivity index (χ3v) is 3.69. The van der Waals surface area contributed by atoms with Gasteiger partial charge in [0.15, 0.2) is 11.6 Å². The summed E-state index contributed by atoms with van der Waals surface area (Å²) >= 11 is 0. The minimum atomic E-state index is -0.542. The quantitative estimate of drug-likeness (QED) is 0.834. The lowest BCUT2D eigenvalue weighted by Crippen LogP contribution is -2.20. The summed E-state index contributed by atoms with van der Waals surface area (Å²) in [5.41, 5.74) is 0.511. The Kier molecular flexibility index (Phi) is 5.16. The summed E-state index contributed by atoms with van der Waals surface area (Å²) in [6.07, 6.45) is 5.04. The first kappa shape index (κ1) is 14.3. The molecule has 2 rings (SSSR count). The highest BCUT2D eigenvalue weighted by molar-refractivity contribution is 5.28. The predicted molar refractivity (Wildman–Crippen MR) is 70.4 cm³/mol. The monoisotopic (exact) mass is 268 g/mol. The Bertz CT molecular complexity index is 402. The highest BCUT2D eigenvalue weighted by Gasteiger charge is 2.19. The second-order valence-electron chi connectivity index (χ2n) is 5.27. The number of hydrogen-bond acceptors (Lipinski definition) is 3. The molecule has 2 N–H and O–H groups in total. The first-order valence-electron chi connectivity index (χ1n) is 6.89. The van der Waals surface area contributed by atoms with Crippen LogP contribution in [0.3, 0.4) is 0 Å². The summed E-state index contributed by atoms with van der Waals surface area (Å²) in [6, 6.07) is 4.35. The van der Waals surface area contributed by atoms with E-state index < -0.39 is 11.9 Å². The number of benzene rings is 1. The molecule has 1 aromatic rings. The number of ether oxygens (including phenoxy) is 1. The molecule has 0 spiro atoms. The van der Waals surface area contributed by atoms with Crippen LogP contribution in [-0.4, -0.2) is 22.9 Å². The standard InChI is InChI=1S/C15H21FO3/c16-14-8-12(9-17)5-6-15(14)19-10-13(18)7-11-3-1-2-4-11/h5-6,8,11,13,17-18H,1-4,7,9-10H2. The maximum Gasteiger partial charge on any atom is 0.165 e. The van der Waals surface area contributed by atoms with Crippen molar-refractivity contribution in [2.45, 2.75) is 44.8 Å². The Morgan fingerprint density at radius 3 is 2.68 bits per heavy atom. The predicted octanol–water partition coefficient (Wildman–Crippen LogP) is 2.64. The lowest BCUT2D eigenvalue weighted by Gasteiger charge is -2.16. The van der Waals surface area contributed by atoms with Crippen LogP contribution in [0.1, 0.15) is 37.7 Å². The van der Waals surface area contributed by atoms with Crippen LogP contribution in [0.4, 0.5) is 4.39 Å². The Morgan fingerprint density at radius 1 is 1.32 bits per heavy atom. The van der Waals surface area contributed by atoms with Crippen LogP contribution in [-0.2, 0) is 6.61 Å². The molecule has 1 saturated carbocycles. The molecule has 0 heterocycles. The van der Waals surface area contributed by atoms with Crippen molar-refractivity contribution in [3.05, 3.63) is 29.6 Å². The Balaban J connectivity index is 1.80. The number of aliphatic hydroxyl groups excluding tert-OH is 2. The second kappa shape index (κ2) is 6.87. The molecule has 1 atom stereocenters. The van der Waals surface area contributed by atoms with Crippen LogP contribution in [0.2, 0.25) is 0 Å². The minimum Gasteiger partial charge on any atom is -0.488 e. The molecule has 0 amide bonds. The van der Waals surface area contributed by atoms with E-state index in [0.717, 1.165) is 6.42 Å². The Labute approximate surface area is 113 Å². The molecule has 0 radical (unpaired) electrons. The fourth-order valence-corrected chi connectivity index (χ4v) is 2.64. The SMILES string of the molecule is OCc1ccc(OCC(O)CC2CCCC2)c(F)c1. The zero-order chi connectivity index (χ0) is 13.7. The molecular weight excluding hydrogens is 247 g/mol. The van der Waals surface area contributed by atoms with Gasteiger partial charge in [0.2, 0.25) is 0 Å². The topological polar surface area (TPSA) is 49.7 Å². The van der Waals surface area contributed by atoms with Crippen LogP contribution in [0.5, 0.6) is 5.75 Å². The maximum atomic E-state index is 13.6. The fourth-order valence-electron chi connectivity index (χ4n) is 2.64. The van der Waals surface area contributed by atoms with E-state index in [1.807, 2.05) is 0 Å². The molecule has 0 bridgehead atoms. The molecule has 1 fully saturated rings. The summed E-state index contributed by atoms with van der Waals surface area (Å²) < 4.78 is 18.9. The number of halogens is 1. The first-order chi connectivity index (χ1) is 9.19. The van der Waals surface area contributed by atoms with Crippen molar-refractivity contribution in [3.8, 4) is 5.75 Å². The molecule has 1 aromatic carbocycles. The Hall–Kier alpha value is -1.13. The molecule has 1 unspecified atom stereocenters. The van der Waals surface area contributed by atoms with Gasteiger partial charge in [-0.3, -0.25) is 0 Å². The van der Waals surface area contributed by atoms with Gasteiger partial charge in [-0.2, -0.15) is 0 Å². The van der Waals surface area contributed by atoms with Gasteiger partial charge in [-0.25, -0.2) is 4.39 Å². The van der Waals surface area contributed by atoms with Gasteiger partial charge in [0.1, 0.15) is 6.61 Å². The van der Waals surface area contributed by atoms with E-state index in [1.165, 1.54) is 37.8 Å². The minimum absolute atomic E-state index is 0.117. The zero-order valence-corrected chi connectivity index (χ0v) is 11.0. The van der Waals surface area contributed by atoms with Crippen LogP contribution in [0, 0.1) is 11.7 Å². The molecule has 106 valence electrons. The number of hydrogen-bond donors (Lipinski definition) is 2. The molecular formula is C15H21FO3. The zero-order valence-electron chi connectivity index (χ0n) is 11.0. The van der Waals surface area contributed by atoms with Crippen molar-refractivity contribution in [2.24, 2.45) is 5.92 Å². The van der Waals surface area contributed by atoms with Gasteiger partial charge in [0.05, 0.1) is 12.7 Å². The largest absolute Gasteiger partial charge is 0.488 e. The average Bonchev–Trinajstić information content (AvgIpc) is 2.90. The van der Waals surface area contributed by atoms with Gasteiger partial charge < -0.3 is 14.9 Å². The molecule has 0 aliphatic heterocycles. The summed E-state index contributed by atoms with van der Waals surface area (Å²) in [6.45, 7) is -0.0760. The Morgan fingerprint density at radius 2 is 2.05 bits per heavy atom. The van der Waals surface area contributed by atoms with Crippen molar-refractivity contribution in [1.29, 1.82) is 0 Å². The van der Waals surface area contributed by atoms with Crippen LogP contribution in [0.25, 0.3) is 0 Å². The summed E-state index contributed by atoms with van der Waals surface area (Å²) in [7, 11) is 0. The van der Waals surface area contributed by atoms with Gasteiger partial charge in [-0.1, -0.05) is 31.7 Å². The normalized spacial score (nSPS) is 17.6. The van der Waals surface area contributed by atoms with Crippen molar-refractivity contribution in [2.75, 3.05) is 6.61 Å². The van der Waals surface area contributed by atoms with Crippen LogP contribution < -0.4 is 4.74 Å². The van der Waals surface area contributed by atoms with Crippen molar-refractivity contribution in [3.63, 3.8) is 0 Å². The highest BCUT2D eigenvalue weighted by atomic mass is 19.1. The van der Waals surface area contributed by atoms with Gasteiger partial charge in [-0.05, 0) is 30.0 Å². The van der Waals surface area contributed by atoms with E-state index in [4.69, 9.17) is 9.84 Å². The lowest BCUT2D eigenvalue weighted by atomic mass is 10.0. The maximum absolute atomic E-state index is 13.6. The van der Waals surface area contributed by atoms with E-state index >= 15 is 0 Å². The molecule has 0 aromatic heterocycles. The van der Waals surface area contributed by atoms with Crippen molar-refractivity contribution >= 4 is 0 Å². The van der Waals surface area contributed by atoms with Gasteiger partial charge in [-0.15, -0.1) is 0 Å². The molecule has 19 heavy (non-hydrogen) atoms. The van der Waals surface area contributed by atoms with Gasteiger partial charge >= 0.3 is 0 Å². The fraction of sp³-hybridized carbons (Fsp3) is 0.600. The third kappa shape index (κ3) is 4.18. The van der Waals surface area contributed by atoms with Gasteiger partial charge in [0.25, 0.3) is 0 Å². The van der Waals surface area contributed by atoms with E-state index in [0.29, 0.717) is 11.5 Å². The first-order valence-corrected chi connectivity index (χ1v) is 6.89. The lowest BCUT2D eigenvalue weighted by molar-refractivity contribution is 0.0837. The molecule has 1 aliphatic carbocycles. The highest BCUT2D eigenvalue weighted by Crippen LogP contribution is 2.28. The van der Waals surface area contributed by atoms with Gasteiger partial charge in [0, 0.05) is 0 Å². The summed E-state index contributed by atoms with van der Waals surface area (Å²) in [4.78, 5) is 0. The molecule has 0 saturated heterocycles. The molecule has 4 heteroatoms. The smallest absolute Gasteiger partial charge is 0.165 e. The van der Waals surface area contributed by atoms with E-state index in [-0.39, 0.29) is 19.0 Å². The second-order valence-corrected chi connectivity index (χ2v) is 5.27. The number of rotatable bonds is 6. The van der Waals surface area contributed by atoms with Crippen molar-refractivity contribution < 1.29 is 19.3 Å². The third-order valence-electron chi connectivity index (χ3n) is 3.69.